The molecule has 0 saturated carbocycles. The van der Waals surface area contributed by atoms with Gasteiger partial charge in [0.25, 0.3) is 5.91 Å². The fraction of sp³-hybridized carbons (Fsp3) is 0.278. The summed E-state index contributed by atoms with van der Waals surface area (Å²) in [5.74, 6) is -0.128. The average molecular weight is 371 g/mol. The zero-order chi connectivity index (χ0) is 17.4. The number of thiazole rings is 2. The van der Waals surface area contributed by atoms with Crippen LogP contribution < -0.4 is 5.32 Å². The Morgan fingerprint density at radius 2 is 2.00 bits per heavy atom. The summed E-state index contributed by atoms with van der Waals surface area (Å²) in [5.41, 5.74) is 2.90. The Labute approximate surface area is 154 Å². The van der Waals surface area contributed by atoms with Gasteiger partial charge in [0.15, 0.2) is 5.13 Å². The molecule has 1 aromatic carbocycles. The van der Waals surface area contributed by atoms with Gasteiger partial charge in [0.2, 0.25) is 0 Å². The van der Waals surface area contributed by atoms with E-state index in [1.807, 2.05) is 37.3 Å². The van der Waals surface area contributed by atoms with Crippen molar-refractivity contribution in [3.05, 3.63) is 51.5 Å². The van der Waals surface area contributed by atoms with Crippen molar-refractivity contribution in [2.45, 2.75) is 19.9 Å². The molecule has 4 rings (SSSR count). The molecule has 1 aliphatic heterocycles. The van der Waals surface area contributed by atoms with Gasteiger partial charge in [-0.2, -0.15) is 0 Å². The van der Waals surface area contributed by atoms with Crippen molar-refractivity contribution in [1.82, 2.24) is 14.9 Å². The predicted octanol–water partition coefficient (Wildman–Crippen LogP) is 3.82. The maximum atomic E-state index is 12.7. The molecule has 5 nitrogen and oxygen atoms in total. The summed E-state index contributed by atoms with van der Waals surface area (Å²) in [6.07, 6.45) is 0.940. The molecular weight excluding hydrogens is 352 g/mol. The molecular formula is C18H18N4OS2. The molecule has 128 valence electrons. The number of hydrogen-bond donors (Lipinski definition) is 1. The number of carbonyl (C=O) groups excluding carboxylic acids is 1. The van der Waals surface area contributed by atoms with Gasteiger partial charge in [-0.05, 0) is 14.0 Å². The SMILES string of the molecule is Cc1nc(-c2ccccc2)sc1C(=O)Nc1nc2c(s1)CN(C)CC2. The van der Waals surface area contributed by atoms with E-state index in [0.29, 0.717) is 10.0 Å². The Hall–Kier alpha value is -2.09. The summed E-state index contributed by atoms with van der Waals surface area (Å²) in [7, 11) is 2.10. The van der Waals surface area contributed by atoms with Gasteiger partial charge in [0, 0.05) is 30.0 Å². The van der Waals surface area contributed by atoms with Crippen LogP contribution in [0.15, 0.2) is 30.3 Å². The third kappa shape index (κ3) is 3.35. The number of anilines is 1. The molecule has 0 saturated heterocycles. The second-order valence-corrected chi connectivity index (χ2v) is 8.21. The summed E-state index contributed by atoms with van der Waals surface area (Å²) < 4.78 is 0. The number of hydrogen-bond acceptors (Lipinski definition) is 6. The summed E-state index contributed by atoms with van der Waals surface area (Å²) in [5, 5.41) is 4.50. The normalized spacial score (nSPS) is 14.3. The Morgan fingerprint density at radius 3 is 2.80 bits per heavy atom. The van der Waals surface area contributed by atoms with Gasteiger partial charge in [-0.1, -0.05) is 30.3 Å². The van der Waals surface area contributed by atoms with E-state index in [-0.39, 0.29) is 5.91 Å². The summed E-state index contributed by atoms with van der Waals surface area (Å²) >= 11 is 2.99. The number of aromatic nitrogens is 2. The lowest BCUT2D eigenvalue weighted by atomic mass is 10.2. The van der Waals surface area contributed by atoms with Crippen molar-refractivity contribution in [3.8, 4) is 10.6 Å². The quantitative estimate of drug-likeness (QED) is 0.761. The molecule has 0 radical (unpaired) electrons. The van der Waals surface area contributed by atoms with Crippen LogP contribution in [0.5, 0.6) is 0 Å². The van der Waals surface area contributed by atoms with Gasteiger partial charge in [0.1, 0.15) is 9.88 Å². The van der Waals surface area contributed by atoms with Crippen LogP contribution in [0.2, 0.25) is 0 Å². The summed E-state index contributed by atoms with van der Waals surface area (Å²) in [4.78, 5) is 26.0. The van der Waals surface area contributed by atoms with Crippen LogP contribution in [-0.2, 0) is 13.0 Å². The lowest BCUT2D eigenvalue weighted by Gasteiger charge is -2.20. The first kappa shape index (κ1) is 16.4. The van der Waals surface area contributed by atoms with E-state index < -0.39 is 0 Å². The van der Waals surface area contributed by atoms with E-state index in [9.17, 15) is 4.79 Å². The van der Waals surface area contributed by atoms with Crippen LogP contribution in [0.25, 0.3) is 10.6 Å². The minimum absolute atomic E-state index is 0.128. The zero-order valence-electron chi connectivity index (χ0n) is 14.1. The number of nitrogens with zero attached hydrogens (tertiary/aromatic N) is 3. The topological polar surface area (TPSA) is 58.1 Å². The van der Waals surface area contributed by atoms with E-state index in [1.165, 1.54) is 16.2 Å². The maximum absolute atomic E-state index is 12.7. The smallest absolute Gasteiger partial charge is 0.269 e. The molecule has 7 heteroatoms. The van der Waals surface area contributed by atoms with Crippen LogP contribution in [0.4, 0.5) is 5.13 Å². The van der Waals surface area contributed by atoms with Gasteiger partial charge in [-0.15, -0.1) is 22.7 Å². The Balaban J connectivity index is 1.55. The molecule has 1 N–H and O–H groups in total. The first-order valence-electron chi connectivity index (χ1n) is 8.11. The molecule has 0 aliphatic carbocycles. The molecule has 1 amide bonds. The minimum Gasteiger partial charge on any atom is -0.301 e. The number of aryl methyl sites for hydroxylation is 1. The van der Waals surface area contributed by atoms with Crippen molar-refractivity contribution >= 4 is 33.7 Å². The Morgan fingerprint density at radius 1 is 1.20 bits per heavy atom. The predicted molar refractivity (Wildman–Crippen MR) is 102 cm³/mol. The van der Waals surface area contributed by atoms with Crippen molar-refractivity contribution in [1.29, 1.82) is 0 Å². The van der Waals surface area contributed by atoms with Crippen LogP contribution in [0.3, 0.4) is 0 Å². The Bertz CT molecular complexity index is 917. The van der Waals surface area contributed by atoms with Crippen LogP contribution in [0.1, 0.15) is 25.9 Å². The molecule has 2 aromatic heterocycles. The number of amides is 1. The fourth-order valence-corrected chi connectivity index (χ4v) is 4.89. The zero-order valence-corrected chi connectivity index (χ0v) is 15.7. The molecule has 3 heterocycles. The summed E-state index contributed by atoms with van der Waals surface area (Å²) in [6, 6.07) is 9.93. The molecule has 0 fully saturated rings. The number of carbonyl (C=O) groups is 1. The minimum atomic E-state index is -0.128. The van der Waals surface area contributed by atoms with E-state index in [0.717, 1.165) is 41.5 Å². The number of rotatable bonds is 3. The van der Waals surface area contributed by atoms with Gasteiger partial charge < -0.3 is 4.90 Å². The maximum Gasteiger partial charge on any atom is 0.269 e. The van der Waals surface area contributed by atoms with Crippen molar-refractivity contribution < 1.29 is 4.79 Å². The molecule has 1 aliphatic rings. The second kappa shape index (κ2) is 6.67. The first-order chi connectivity index (χ1) is 12.1. The van der Waals surface area contributed by atoms with Gasteiger partial charge in [-0.3, -0.25) is 10.1 Å². The highest BCUT2D eigenvalue weighted by molar-refractivity contribution is 7.18. The highest BCUT2D eigenvalue weighted by Gasteiger charge is 2.21. The third-order valence-electron chi connectivity index (χ3n) is 4.17. The van der Waals surface area contributed by atoms with E-state index >= 15 is 0 Å². The molecule has 3 aromatic rings. The number of fused-ring (bicyclic) bond motifs is 1. The number of nitrogens with one attached hydrogen (secondary N) is 1. The fourth-order valence-electron chi connectivity index (χ4n) is 2.84. The average Bonchev–Trinajstić information content (AvgIpc) is 3.18. The van der Waals surface area contributed by atoms with Crippen molar-refractivity contribution in [2.75, 3.05) is 18.9 Å². The number of likely N-dealkylation sites (N-methyl/N-ethyl adjacent to an activating group) is 1. The molecule has 0 spiro atoms. The standard InChI is InChI=1S/C18H18N4OS2/c1-11-15(25-17(19-11)12-6-4-3-5-7-12)16(23)21-18-20-13-8-9-22(2)10-14(13)24-18/h3-7H,8-10H2,1-2H3,(H,20,21,23). The van der Waals surface area contributed by atoms with Crippen LogP contribution in [0, 0.1) is 6.92 Å². The van der Waals surface area contributed by atoms with Crippen molar-refractivity contribution in [3.63, 3.8) is 0 Å². The first-order valence-corrected chi connectivity index (χ1v) is 9.75. The summed E-state index contributed by atoms with van der Waals surface area (Å²) in [6.45, 7) is 3.79. The monoisotopic (exact) mass is 370 g/mol. The van der Waals surface area contributed by atoms with Gasteiger partial charge >= 0.3 is 0 Å². The highest BCUT2D eigenvalue weighted by atomic mass is 32.1. The lowest BCUT2D eigenvalue weighted by molar-refractivity contribution is 0.103. The molecule has 0 unspecified atom stereocenters. The third-order valence-corrected chi connectivity index (χ3v) is 6.37. The van der Waals surface area contributed by atoms with E-state index in [1.54, 1.807) is 11.3 Å². The van der Waals surface area contributed by atoms with Gasteiger partial charge in [0.05, 0.1) is 11.4 Å². The lowest BCUT2D eigenvalue weighted by Crippen LogP contribution is -2.25. The van der Waals surface area contributed by atoms with E-state index in [2.05, 4.69) is 27.2 Å². The Kier molecular flexibility index (Phi) is 4.37. The van der Waals surface area contributed by atoms with E-state index in [4.69, 9.17) is 0 Å². The van der Waals surface area contributed by atoms with Crippen LogP contribution >= 0.6 is 22.7 Å². The molecule has 25 heavy (non-hydrogen) atoms. The second-order valence-electron chi connectivity index (χ2n) is 6.13. The molecule has 0 bridgehead atoms. The highest BCUT2D eigenvalue weighted by Crippen LogP contribution is 2.31. The van der Waals surface area contributed by atoms with Gasteiger partial charge in [-0.25, -0.2) is 9.97 Å². The van der Waals surface area contributed by atoms with Crippen molar-refractivity contribution in [2.24, 2.45) is 0 Å². The number of benzene rings is 1. The van der Waals surface area contributed by atoms with Crippen LogP contribution in [-0.4, -0.2) is 34.4 Å². The largest absolute Gasteiger partial charge is 0.301 e. The molecule has 0 atom stereocenters.